The summed E-state index contributed by atoms with van der Waals surface area (Å²) in [6, 6.07) is 0. The van der Waals surface area contributed by atoms with E-state index in [2.05, 4.69) is 22.7 Å². The molecular weight excluding hydrogens is 148 g/mol. The summed E-state index contributed by atoms with van der Waals surface area (Å²) < 4.78 is 2.32. The molecule has 2 nitrogen and oxygen atoms in total. The van der Waals surface area contributed by atoms with Gasteiger partial charge in [0.25, 0.3) is 0 Å². The van der Waals surface area contributed by atoms with Crippen LogP contribution >= 0.6 is 0 Å². The van der Waals surface area contributed by atoms with Crippen LogP contribution in [-0.4, -0.2) is 9.55 Å². The minimum atomic E-state index is 0.954. The molecule has 12 heavy (non-hydrogen) atoms. The Morgan fingerprint density at radius 3 is 3.08 bits per heavy atom. The summed E-state index contributed by atoms with van der Waals surface area (Å²) in [5.74, 6) is 2.22. The SMILES string of the molecule is CCCc1nccn1CC1CC1. The van der Waals surface area contributed by atoms with Crippen molar-refractivity contribution in [2.75, 3.05) is 0 Å². The highest BCUT2D eigenvalue weighted by atomic mass is 15.1. The molecule has 1 aromatic heterocycles. The van der Waals surface area contributed by atoms with Crippen molar-refractivity contribution < 1.29 is 0 Å². The molecule has 0 N–H and O–H groups in total. The van der Waals surface area contributed by atoms with Gasteiger partial charge in [0.15, 0.2) is 0 Å². The molecule has 0 saturated heterocycles. The summed E-state index contributed by atoms with van der Waals surface area (Å²) in [6.07, 6.45) is 9.20. The third-order valence-electron chi connectivity index (χ3n) is 2.43. The lowest BCUT2D eigenvalue weighted by Gasteiger charge is -2.04. The zero-order valence-electron chi connectivity index (χ0n) is 7.66. The Bertz CT molecular complexity index is 248. The number of rotatable bonds is 4. The van der Waals surface area contributed by atoms with Gasteiger partial charge in [0.2, 0.25) is 0 Å². The molecular formula is C10H16N2. The van der Waals surface area contributed by atoms with Crippen LogP contribution in [0.4, 0.5) is 0 Å². The van der Waals surface area contributed by atoms with Gasteiger partial charge in [0.05, 0.1) is 0 Å². The second kappa shape index (κ2) is 3.30. The molecule has 0 radical (unpaired) electrons. The van der Waals surface area contributed by atoms with Crippen LogP contribution in [0.25, 0.3) is 0 Å². The summed E-state index contributed by atoms with van der Waals surface area (Å²) in [5.41, 5.74) is 0. The molecule has 0 aromatic carbocycles. The van der Waals surface area contributed by atoms with Crippen molar-refractivity contribution in [3.63, 3.8) is 0 Å². The molecule has 1 aliphatic rings. The molecule has 0 unspecified atom stereocenters. The van der Waals surface area contributed by atoms with E-state index in [1.54, 1.807) is 0 Å². The molecule has 1 aromatic rings. The van der Waals surface area contributed by atoms with Gasteiger partial charge in [-0.25, -0.2) is 4.98 Å². The summed E-state index contributed by atoms with van der Waals surface area (Å²) in [7, 11) is 0. The number of hydrogen-bond donors (Lipinski definition) is 0. The lowest BCUT2D eigenvalue weighted by Crippen LogP contribution is -2.03. The van der Waals surface area contributed by atoms with Crippen molar-refractivity contribution in [2.45, 2.75) is 39.2 Å². The first kappa shape index (κ1) is 7.84. The van der Waals surface area contributed by atoms with Gasteiger partial charge >= 0.3 is 0 Å². The second-order valence-corrected chi connectivity index (χ2v) is 3.69. The van der Waals surface area contributed by atoms with Crippen LogP contribution in [0.1, 0.15) is 32.0 Å². The number of aromatic nitrogens is 2. The lowest BCUT2D eigenvalue weighted by atomic mass is 10.3. The molecule has 66 valence electrons. The summed E-state index contributed by atoms with van der Waals surface area (Å²) in [4.78, 5) is 4.35. The Kier molecular flexibility index (Phi) is 2.15. The fourth-order valence-electron chi connectivity index (χ4n) is 1.54. The second-order valence-electron chi connectivity index (χ2n) is 3.69. The van der Waals surface area contributed by atoms with Gasteiger partial charge in [0, 0.05) is 25.4 Å². The highest BCUT2D eigenvalue weighted by Crippen LogP contribution is 2.30. The van der Waals surface area contributed by atoms with Crippen LogP contribution in [0.3, 0.4) is 0 Å². The third-order valence-corrected chi connectivity index (χ3v) is 2.43. The standard InChI is InChI=1S/C10H16N2/c1-2-3-10-11-6-7-12(10)8-9-4-5-9/h6-7,9H,2-5,8H2,1H3. The van der Waals surface area contributed by atoms with Crippen molar-refractivity contribution in [3.8, 4) is 0 Å². The summed E-state index contributed by atoms with van der Waals surface area (Å²) >= 11 is 0. The maximum atomic E-state index is 4.35. The van der Waals surface area contributed by atoms with E-state index in [1.807, 2.05) is 6.20 Å². The molecule has 1 saturated carbocycles. The van der Waals surface area contributed by atoms with E-state index < -0.39 is 0 Å². The predicted molar refractivity (Wildman–Crippen MR) is 48.9 cm³/mol. The van der Waals surface area contributed by atoms with Crippen LogP contribution in [0.2, 0.25) is 0 Å². The Labute approximate surface area is 73.6 Å². The van der Waals surface area contributed by atoms with Gasteiger partial charge in [-0.2, -0.15) is 0 Å². The molecule has 0 atom stereocenters. The maximum Gasteiger partial charge on any atom is 0.108 e. The van der Waals surface area contributed by atoms with Gasteiger partial charge in [-0.05, 0) is 25.2 Å². The van der Waals surface area contributed by atoms with Crippen LogP contribution in [0, 0.1) is 5.92 Å². The molecule has 0 spiro atoms. The van der Waals surface area contributed by atoms with Gasteiger partial charge in [-0.1, -0.05) is 6.92 Å². The van der Waals surface area contributed by atoms with Crippen molar-refractivity contribution in [3.05, 3.63) is 18.2 Å². The molecule has 0 aliphatic heterocycles. The van der Waals surface area contributed by atoms with Crippen LogP contribution < -0.4 is 0 Å². The first-order valence-corrected chi connectivity index (χ1v) is 4.90. The van der Waals surface area contributed by atoms with Gasteiger partial charge in [0.1, 0.15) is 5.82 Å². The van der Waals surface area contributed by atoms with E-state index in [1.165, 1.54) is 31.6 Å². The summed E-state index contributed by atoms with van der Waals surface area (Å²) in [5, 5.41) is 0. The van der Waals surface area contributed by atoms with Crippen LogP contribution in [-0.2, 0) is 13.0 Å². The Balaban J connectivity index is 2.01. The predicted octanol–water partition coefficient (Wildman–Crippen LogP) is 2.25. The third kappa shape index (κ3) is 1.68. The zero-order chi connectivity index (χ0) is 8.39. The van der Waals surface area contributed by atoms with Crippen LogP contribution in [0.5, 0.6) is 0 Å². The van der Waals surface area contributed by atoms with E-state index in [0.717, 1.165) is 12.3 Å². The van der Waals surface area contributed by atoms with E-state index >= 15 is 0 Å². The van der Waals surface area contributed by atoms with Crippen molar-refractivity contribution in [2.24, 2.45) is 5.92 Å². The minimum absolute atomic E-state index is 0.954. The van der Waals surface area contributed by atoms with E-state index in [9.17, 15) is 0 Å². The quantitative estimate of drug-likeness (QED) is 0.667. The molecule has 0 bridgehead atoms. The Morgan fingerprint density at radius 1 is 1.58 bits per heavy atom. The first-order valence-electron chi connectivity index (χ1n) is 4.90. The Hall–Kier alpha value is -0.790. The van der Waals surface area contributed by atoms with Gasteiger partial charge < -0.3 is 4.57 Å². The average molecular weight is 164 g/mol. The number of hydrogen-bond acceptors (Lipinski definition) is 1. The molecule has 2 rings (SSSR count). The minimum Gasteiger partial charge on any atom is -0.335 e. The van der Waals surface area contributed by atoms with Gasteiger partial charge in [-0.15, -0.1) is 0 Å². The van der Waals surface area contributed by atoms with Crippen molar-refractivity contribution in [1.29, 1.82) is 0 Å². The zero-order valence-corrected chi connectivity index (χ0v) is 7.66. The average Bonchev–Trinajstić information content (AvgIpc) is 2.76. The van der Waals surface area contributed by atoms with Gasteiger partial charge in [-0.3, -0.25) is 0 Å². The molecule has 1 heterocycles. The number of imidazole rings is 1. The molecule has 2 heteroatoms. The normalized spacial score (nSPS) is 16.8. The monoisotopic (exact) mass is 164 g/mol. The largest absolute Gasteiger partial charge is 0.335 e. The van der Waals surface area contributed by atoms with E-state index in [0.29, 0.717) is 0 Å². The summed E-state index contributed by atoms with van der Waals surface area (Å²) in [6.45, 7) is 3.41. The van der Waals surface area contributed by atoms with E-state index in [-0.39, 0.29) is 0 Å². The highest BCUT2D eigenvalue weighted by molar-refractivity contribution is 4.93. The van der Waals surface area contributed by atoms with Crippen molar-refractivity contribution >= 4 is 0 Å². The fourth-order valence-corrected chi connectivity index (χ4v) is 1.54. The van der Waals surface area contributed by atoms with Crippen molar-refractivity contribution in [1.82, 2.24) is 9.55 Å². The fraction of sp³-hybridized carbons (Fsp3) is 0.700. The highest BCUT2D eigenvalue weighted by Gasteiger charge is 2.22. The Morgan fingerprint density at radius 2 is 2.42 bits per heavy atom. The lowest BCUT2D eigenvalue weighted by molar-refractivity contribution is 0.591. The maximum absolute atomic E-state index is 4.35. The smallest absolute Gasteiger partial charge is 0.108 e. The first-order chi connectivity index (χ1) is 5.90. The molecule has 1 aliphatic carbocycles. The van der Waals surface area contributed by atoms with E-state index in [4.69, 9.17) is 0 Å². The van der Waals surface area contributed by atoms with Crippen LogP contribution in [0.15, 0.2) is 12.4 Å². The molecule has 0 amide bonds. The topological polar surface area (TPSA) is 17.8 Å². The number of nitrogens with zero attached hydrogens (tertiary/aromatic N) is 2. The number of aryl methyl sites for hydroxylation is 1. The molecule has 1 fully saturated rings.